The highest BCUT2D eigenvalue weighted by Crippen LogP contribution is 2.00. The Balaban J connectivity index is 2.42. The van der Waals surface area contributed by atoms with E-state index < -0.39 is 0 Å². The van der Waals surface area contributed by atoms with Gasteiger partial charge in [-0.25, -0.2) is 0 Å². The predicted octanol–water partition coefficient (Wildman–Crippen LogP) is 3.79. The average molecular weight is 160 g/mol. The predicted molar refractivity (Wildman–Crippen MR) is 55.0 cm³/mol. The first-order chi connectivity index (χ1) is 6.00. The number of rotatable bonds is 0. The summed E-state index contributed by atoms with van der Waals surface area (Å²) < 4.78 is 0. The molecule has 0 heteroatoms. The minimum Gasteiger partial charge on any atom is -0.0882 e. The van der Waals surface area contributed by atoms with Gasteiger partial charge >= 0.3 is 0 Å². The minimum atomic E-state index is 1.06. The van der Waals surface area contributed by atoms with Crippen molar-refractivity contribution in [3.8, 4) is 0 Å². The van der Waals surface area contributed by atoms with Gasteiger partial charge in [0.15, 0.2) is 0 Å². The van der Waals surface area contributed by atoms with Gasteiger partial charge < -0.3 is 0 Å². The topological polar surface area (TPSA) is 0 Å². The van der Waals surface area contributed by atoms with Gasteiger partial charge in [0.2, 0.25) is 0 Å². The van der Waals surface area contributed by atoms with E-state index in [-0.39, 0.29) is 0 Å². The lowest BCUT2D eigenvalue weighted by Gasteiger charge is -1.90. The number of allylic oxidation sites excluding steroid dienone is 8. The largest absolute Gasteiger partial charge is 0.0882 e. The van der Waals surface area contributed by atoms with Crippen LogP contribution in [-0.4, -0.2) is 0 Å². The molecule has 12 heavy (non-hydrogen) atoms. The van der Waals surface area contributed by atoms with E-state index >= 15 is 0 Å². The highest BCUT2D eigenvalue weighted by atomic mass is 13.9. The van der Waals surface area contributed by atoms with E-state index in [2.05, 4.69) is 48.6 Å². The van der Waals surface area contributed by atoms with E-state index in [1.165, 1.54) is 19.3 Å². The van der Waals surface area contributed by atoms with E-state index in [0.29, 0.717) is 0 Å². The first kappa shape index (κ1) is 9.05. The summed E-state index contributed by atoms with van der Waals surface area (Å²) in [4.78, 5) is 0. The lowest BCUT2D eigenvalue weighted by molar-refractivity contribution is 0.866. The van der Waals surface area contributed by atoms with Gasteiger partial charge in [-0.3, -0.25) is 0 Å². The fraction of sp³-hybridized carbons (Fsp3) is 0.333. The van der Waals surface area contributed by atoms with E-state index in [4.69, 9.17) is 0 Å². The van der Waals surface area contributed by atoms with Crippen LogP contribution in [-0.2, 0) is 0 Å². The summed E-state index contributed by atoms with van der Waals surface area (Å²) in [6, 6.07) is 0. The van der Waals surface area contributed by atoms with E-state index in [9.17, 15) is 0 Å². The summed E-state index contributed by atoms with van der Waals surface area (Å²) in [5.41, 5.74) is 0. The summed E-state index contributed by atoms with van der Waals surface area (Å²) in [7, 11) is 0. The molecule has 0 aromatic carbocycles. The van der Waals surface area contributed by atoms with Gasteiger partial charge in [-0.2, -0.15) is 0 Å². The quantitative estimate of drug-likeness (QED) is 0.473. The third kappa shape index (κ3) is 4.73. The molecule has 64 valence electrons. The SMILES string of the molecule is C1=CC/C=C/CCCC=C/C=C\1. The molecule has 0 radical (unpaired) electrons. The van der Waals surface area contributed by atoms with Crippen molar-refractivity contribution in [1.82, 2.24) is 0 Å². The van der Waals surface area contributed by atoms with Gasteiger partial charge in [0.25, 0.3) is 0 Å². The van der Waals surface area contributed by atoms with Gasteiger partial charge in [0.1, 0.15) is 0 Å². The number of hydrogen-bond acceptors (Lipinski definition) is 0. The highest BCUT2D eigenvalue weighted by Gasteiger charge is 1.80. The zero-order chi connectivity index (χ0) is 8.49. The molecule has 0 aliphatic heterocycles. The van der Waals surface area contributed by atoms with E-state index in [1.807, 2.05) is 0 Å². The van der Waals surface area contributed by atoms with Crippen LogP contribution < -0.4 is 0 Å². The fourth-order valence-electron chi connectivity index (χ4n) is 1.11. The maximum atomic E-state index is 2.27. The Labute approximate surface area is 75.0 Å². The van der Waals surface area contributed by atoms with Crippen LogP contribution in [0.4, 0.5) is 0 Å². The molecule has 0 saturated heterocycles. The Morgan fingerprint density at radius 3 is 2.25 bits per heavy atom. The summed E-state index contributed by atoms with van der Waals surface area (Å²) in [5.74, 6) is 0. The molecule has 0 N–H and O–H groups in total. The standard InChI is InChI=1S/C12H16/c1-2-4-6-8-10-12-11-9-7-5-3-1/h1-6,9,11H,7-8,10,12H2/b2-1-,5-3?,6-4?,11-9+. The molecular formula is C12H16. The molecule has 0 spiro atoms. The van der Waals surface area contributed by atoms with Crippen LogP contribution in [0.3, 0.4) is 0 Å². The molecule has 0 fully saturated rings. The molecule has 0 aromatic heterocycles. The molecule has 0 saturated carbocycles. The van der Waals surface area contributed by atoms with Crippen molar-refractivity contribution in [3.05, 3.63) is 48.6 Å². The van der Waals surface area contributed by atoms with Crippen molar-refractivity contribution >= 4 is 0 Å². The molecular weight excluding hydrogens is 144 g/mol. The third-order valence-corrected chi connectivity index (χ3v) is 1.79. The molecule has 1 aliphatic rings. The molecule has 0 amide bonds. The summed E-state index contributed by atoms with van der Waals surface area (Å²) in [6.07, 6.45) is 22.0. The lowest BCUT2D eigenvalue weighted by Crippen LogP contribution is -1.69. The molecule has 0 unspecified atom stereocenters. The number of hydrogen-bond donors (Lipinski definition) is 0. The molecule has 0 atom stereocenters. The molecule has 1 aliphatic carbocycles. The second kappa shape index (κ2) is 6.66. The average Bonchev–Trinajstić information content (AvgIpc) is 2.05. The molecule has 1 rings (SSSR count). The molecule has 0 nitrogen and oxygen atoms in total. The zero-order valence-electron chi connectivity index (χ0n) is 7.45. The van der Waals surface area contributed by atoms with Crippen molar-refractivity contribution in [2.45, 2.75) is 25.7 Å². The van der Waals surface area contributed by atoms with E-state index in [0.717, 1.165) is 6.42 Å². The van der Waals surface area contributed by atoms with Gasteiger partial charge in [0, 0.05) is 0 Å². The Morgan fingerprint density at radius 1 is 0.583 bits per heavy atom. The maximum Gasteiger partial charge on any atom is -0.0166 e. The third-order valence-electron chi connectivity index (χ3n) is 1.79. The van der Waals surface area contributed by atoms with Crippen molar-refractivity contribution in [2.75, 3.05) is 0 Å². The second-order valence-corrected chi connectivity index (χ2v) is 2.88. The van der Waals surface area contributed by atoms with Crippen LogP contribution >= 0.6 is 0 Å². The summed E-state index contributed by atoms with van der Waals surface area (Å²) in [5, 5.41) is 0. The van der Waals surface area contributed by atoms with Crippen molar-refractivity contribution < 1.29 is 0 Å². The second-order valence-electron chi connectivity index (χ2n) is 2.88. The van der Waals surface area contributed by atoms with Crippen molar-refractivity contribution in [3.63, 3.8) is 0 Å². The van der Waals surface area contributed by atoms with Gasteiger partial charge in [0.05, 0.1) is 0 Å². The van der Waals surface area contributed by atoms with Crippen LogP contribution in [0.5, 0.6) is 0 Å². The Kier molecular flexibility index (Phi) is 5.02. The lowest BCUT2D eigenvalue weighted by atomic mass is 10.2. The monoisotopic (exact) mass is 160 g/mol. The van der Waals surface area contributed by atoms with Gasteiger partial charge in [-0.05, 0) is 25.7 Å². The van der Waals surface area contributed by atoms with Crippen LogP contribution in [0, 0.1) is 0 Å². The first-order valence-electron chi connectivity index (χ1n) is 4.63. The van der Waals surface area contributed by atoms with Crippen LogP contribution in [0.2, 0.25) is 0 Å². The smallest absolute Gasteiger partial charge is 0.0166 e. The van der Waals surface area contributed by atoms with Crippen LogP contribution in [0.25, 0.3) is 0 Å². The zero-order valence-corrected chi connectivity index (χ0v) is 7.45. The van der Waals surface area contributed by atoms with Gasteiger partial charge in [-0.1, -0.05) is 48.6 Å². The minimum absolute atomic E-state index is 1.06. The molecule has 0 bridgehead atoms. The summed E-state index contributed by atoms with van der Waals surface area (Å²) in [6.45, 7) is 0. The Bertz CT molecular complexity index is 204. The summed E-state index contributed by atoms with van der Waals surface area (Å²) >= 11 is 0. The van der Waals surface area contributed by atoms with Crippen molar-refractivity contribution in [2.24, 2.45) is 0 Å². The Morgan fingerprint density at radius 2 is 1.33 bits per heavy atom. The Hall–Kier alpha value is -1.04. The van der Waals surface area contributed by atoms with Crippen molar-refractivity contribution in [1.29, 1.82) is 0 Å². The van der Waals surface area contributed by atoms with Gasteiger partial charge in [-0.15, -0.1) is 0 Å². The fourth-order valence-corrected chi connectivity index (χ4v) is 1.11. The molecule has 0 aromatic rings. The normalized spacial score (nSPS) is 24.0. The maximum absolute atomic E-state index is 2.27. The highest BCUT2D eigenvalue weighted by molar-refractivity contribution is 5.12. The first-order valence-corrected chi connectivity index (χ1v) is 4.63. The van der Waals surface area contributed by atoms with Crippen LogP contribution in [0.15, 0.2) is 48.6 Å². The van der Waals surface area contributed by atoms with Crippen LogP contribution in [0.1, 0.15) is 25.7 Å². The molecule has 0 heterocycles. The van der Waals surface area contributed by atoms with E-state index in [1.54, 1.807) is 0 Å².